The van der Waals surface area contributed by atoms with E-state index in [-0.39, 0.29) is 18.3 Å². The van der Waals surface area contributed by atoms with Gasteiger partial charge in [-0.2, -0.15) is 13.2 Å². The molecule has 40 heavy (non-hydrogen) atoms. The lowest BCUT2D eigenvalue weighted by Gasteiger charge is -2.16. The van der Waals surface area contributed by atoms with Crippen molar-refractivity contribution >= 4 is 45.2 Å². The summed E-state index contributed by atoms with van der Waals surface area (Å²) < 4.78 is 38.3. The zero-order chi connectivity index (χ0) is 29.9. The van der Waals surface area contributed by atoms with Crippen molar-refractivity contribution in [2.24, 2.45) is 5.73 Å². The van der Waals surface area contributed by atoms with Crippen LogP contribution in [0.4, 0.5) is 18.9 Å². The maximum absolute atomic E-state index is 12.3. The van der Waals surface area contributed by atoms with Gasteiger partial charge in [0.15, 0.2) is 0 Å². The summed E-state index contributed by atoms with van der Waals surface area (Å²) in [5, 5.41) is 20.0. The number of nitrogen functional groups attached to an aromatic ring is 1. The number of amidine groups is 1. The quantitative estimate of drug-likeness (QED) is 0.132. The number of nitrogens with zero attached hydrogens (tertiary/aromatic N) is 1. The Hall–Kier alpha value is -4.46. The number of nitrogens with two attached hydrogens (primary N) is 1. The summed E-state index contributed by atoms with van der Waals surface area (Å²) in [4.78, 5) is 37.4. The minimum atomic E-state index is -5.08. The molecular weight excluding hydrogens is 599 g/mol. The van der Waals surface area contributed by atoms with E-state index in [4.69, 9.17) is 25.8 Å². The van der Waals surface area contributed by atoms with Gasteiger partial charge in [-0.3, -0.25) is 20.0 Å². The fourth-order valence-electron chi connectivity index (χ4n) is 3.00. The van der Waals surface area contributed by atoms with E-state index in [9.17, 15) is 22.8 Å². The molecule has 212 valence electrons. The van der Waals surface area contributed by atoms with Gasteiger partial charge in [-0.05, 0) is 82.5 Å². The highest BCUT2D eigenvalue weighted by Gasteiger charge is 2.38. The first-order valence-corrected chi connectivity index (χ1v) is 12.2. The number of amides is 2. The SMILES string of the molecule is C[C@H](NC(=O)CC(=O)Nc1ccc(C(=N)N)cc1)c1ccc(OCc2ccncc2)c(Br)c1.O=C(O)C(F)(F)F. The summed E-state index contributed by atoms with van der Waals surface area (Å²) in [6.07, 6.45) is -1.97. The lowest BCUT2D eigenvalue weighted by molar-refractivity contribution is -0.192. The number of ether oxygens (including phenoxy) is 1. The average Bonchev–Trinajstić information content (AvgIpc) is 2.88. The number of anilines is 1. The van der Waals surface area contributed by atoms with Crippen LogP contribution in [0.25, 0.3) is 0 Å². The summed E-state index contributed by atoms with van der Waals surface area (Å²) in [5.74, 6) is -2.95. The van der Waals surface area contributed by atoms with Crippen molar-refractivity contribution in [3.8, 4) is 5.75 Å². The number of hydrogen-bond donors (Lipinski definition) is 5. The molecule has 0 aliphatic rings. The molecule has 3 aromatic rings. The number of aliphatic carboxylic acids is 1. The highest BCUT2D eigenvalue weighted by Crippen LogP contribution is 2.29. The predicted octanol–water partition coefficient (Wildman–Crippen LogP) is 4.55. The van der Waals surface area contributed by atoms with Crippen LogP contribution >= 0.6 is 15.9 Å². The van der Waals surface area contributed by atoms with Crippen molar-refractivity contribution in [3.63, 3.8) is 0 Å². The van der Waals surface area contributed by atoms with Crippen molar-refractivity contribution in [1.82, 2.24) is 10.3 Å². The number of carboxylic acid groups (broad SMARTS) is 1. The van der Waals surface area contributed by atoms with Gasteiger partial charge in [-0.1, -0.05) is 6.07 Å². The zero-order valence-electron chi connectivity index (χ0n) is 21.0. The van der Waals surface area contributed by atoms with E-state index in [0.717, 1.165) is 15.6 Å². The Kier molecular flexibility index (Phi) is 11.6. The Balaban J connectivity index is 0.000000708. The van der Waals surface area contributed by atoms with Crippen LogP contribution in [-0.2, 0) is 21.0 Å². The Bertz CT molecular complexity index is 1340. The fraction of sp³-hybridized carbons (Fsp3) is 0.192. The zero-order valence-corrected chi connectivity index (χ0v) is 22.5. The monoisotopic (exact) mass is 623 g/mol. The van der Waals surface area contributed by atoms with Gasteiger partial charge in [0.1, 0.15) is 24.6 Å². The lowest BCUT2D eigenvalue weighted by Crippen LogP contribution is -2.30. The first-order chi connectivity index (χ1) is 18.8. The van der Waals surface area contributed by atoms with E-state index in [1.165, 1.54) is 0 Å². The van der Waals surface area contributed by atoms with Gasteiger partial charge < -0.3 is 26.2 Å². The number of carbonyl (C=O) groups is 3. The van der Waals surface area contributed by atoms with Crippen LogP contribution in [0.1, 0.15) is 36.1 Å². The van der Waals surface area contributed by atoms with Crippen molar-refractivity contribution < 1.29 is 37.4 Å². The van der Waals surface area contributed by atoms with Crippen LogP contribution in [0, 0.1) is 5.41 Å². The van der Waals surface area contributed by atoms with Gasteiger partial charge in [-0.15, -0.1) is 0 Å². The number of benzene rings is 2. The summed E-state index contributed by atoms with van der Waals surface area (Å²) in [6.45, 7) is 2.26. The van der Waals surface area contributed by atoms with Gasteiger partial charge in [-0.25, -0.2) is 4.79 Å². The van der Waals surface area contributed by atoms with Gasteiger partial charge >= 0.3 is 12.1 Å². The van der Waals surface area contributed by atoms with E-state index in [0.29, 0.717) is 23.6 Å². The molecule has 0 unspecified atom stereocenters. The maximum atomic E-state index is 12.3. The van der Waals surface area contributed by atoms with Crippen LogP contribution < -0.4 is 21.1 Å². The molecule has 1 heterocycles. The molecule has 0 spiro atoms. The summed E-state index contributed by atoms with van der Waals surface area (Å²) in [7, 11) is 0. The van der Waals surface area contributed by atoms with Gasteiger partial charge in [0.05, 0.1) is 10.5 Å². The van der Waals surface area contributed by atoms with E-state index < -0.39 is 24.0 Å². The molecule has 2 aromatic carbocycles. The third-order valence-electron chi connectivity index (χ3n) is 5.02. The third kappa shape index (κ3) is 10.7. The minimum absolute atomic E-state index is 0.0544. The molecule has 0 radical (unpaired) electrons. The number of pyridine rings is 1. The summed E-state index contributed by atoms with van der Waals surface area (Å²) in [5.41, 5.74) is 8.37. The minimum Gasteiger partial charge on any atom is -0.488 e. The number of carbonyl (C=O) groups excluding carboxylic acids is 2. The molecular formula is C26H25BrF3N5O5. The summed E-state index contributed by atoms with van der Waals surface area (Å²) in [6, 6.07) is 15.6. The molecule has 0 saturated heterocycles. The standard InChI is InChI=1S/C24H24BrN5O3.C2HF3O2/c1-15(18-4-7-21(20(25)12-18)33-14-16-8-10-28-11-9-16)29-22(31)13-23(32)30-19-5-2-17(3-6-19)24(26)27;3-2(4,5)1(6)7/h2-12,15H,13-14H2,1H3,(H3,26,27)(H,29,31)(H,30,32);(H,6,7)/t15-;/m0./s1. The number of nitrogens with one attached hydrogen (secondary N) is 3. The molecule has 2 amide bonds. The van der Waals surface area contributed by atoms with Crippen molar-refractivity contribution in [2.45, 2.75) is 32.2 Å². The molecule has 0 fully saturated rings. The van der Waals surface area contributed by atoms with Crippen molar-refractivity contribution in [1.29, 1.82) is 5.41 Å². The highest BCUT2D eigenvalue weighted by molar-refractivity contribution is 9.10. The topological polar surface area (TPSA) is 167 Å². The van der Waals surface area contributed by atoms with E-state index in [1.807, 2.05) is 37.3 Å². The smallest absolute Gasteiger partial charge is 0.488 e. The molecule has 0 bridgehead atoms. The van der Waals surface area contributed by atoms with Crippen LogP contribution in [0.5, 0.6) is 5.75 Å². The number of hydrogen-bond acceptors (Lipinski definition) is 6. The third-order valence-corrected chi connectivity index (χ3v) is 5.64. The molecule has 1 atom stereocenters. The Morgan fingerprint density at radius 3 is 2.20 bits per heavy atom. The number of carboxylic acids is 1. The lowest BCUT2D eigenvalue weighted by atomic mass is 10.1. The highest BCUT2D eigenvalue weighted by atomic mass is 79.9. The predicted molar refractivity (Wildman–Crippen MR) is 144 cm³/mol. The molecule has 0 saturated carbocycles. The van der Waals surface area contributed by atoms with E-state index in [1.54, 1.807) is 36.7 Å². The summed E-state index contributed by atoms with van der Waals surface area (Å²) >= 11 is 3.51. The van der Waals surface area contributed by atoms with Gasteiger partial charge in [0.25, 0.3) is 0 Å². The Morgan fingerprint density at radius 2 is 1.68 bits per heavy atom. The second-order valence-electron chi connectivity index (χ2n) is 8.14. The molecule has 10 nitrogen and oxygen atoms in total. The van der Waals surface area contributed by atoms with E-state index in [2.05, 4.69) is 31.5 Å². The first-order valence-electron chi connectivity index (χ1n) is 11.4. The Morgan fingerprint density at radius 1 is 1.07 bits per heavy atom. The second-order valence-corrected chi connectivity index (χ2v) is 9.00. The maximum Gasteiger partial charge on any atom is 0.490 e. The number of alkyl halides is 3. The second kappa shape index (κ2) is 14.6. The largest absolute Gasteiger partial charge is 0.490 e. The van der Waals surface area contributed by atoms with Crippen LogP contribution in [0.15, 0.2) is 71.5 Å². The molecule has 1 aromatic heterocycles. The first kappa shape index (κ1) is 31.8. The van der Waals surface area contributed by atoms with Crippen molar-refractivity contribution in [2.75, 3.05) is 5.32 Å². The Labute approximate surface area is 235 Å². The van der Waals surface area contributed by atoms with Crippen molar-refractivity contribution in [3.05, 3.63) is 88.2 Å². The molecule has 6 N–H and O–H groups in total. The van der Waals surface area contributed by atoms with Crippen LogP contribution in [-0.4, -0.2) is 39.9 Å². The molecule has 14 heteroatoms. The number of aromatic nitrogens is 1. The molecule has 0 aliphatic heterocycles. The fourth-order valence-corrected chi connectivity index (χ4v) is 3.51. The number of rotatable bonds is 9. The van der Waals surface area contributed by atoms with Gasteiger partial charge in [0.2, 0.25) is 11.8 Å². The normalized spacial score (nSPS) is 11.3. The average molecular weight is 624 g/mol. The van der Waals surface area contributed by atoms with Gasteiger partial charge in [0, 0.05) is 23.6 Å². The molecule has 0 aliphatic carbocycles. The number of halogens is 4. The van der Waals surface area contributed by atoms with Crippen LogP contribution in [0.2, 0.25) is 0 Å². The molecule has 3 rings (SSSR count). The van der Waals surface area contributed by atoms with E-state index >= 15 is 0 Å². The van der Waals surface area contributed by atoms with Crippen LogP contribution in [0.3, 0.4) is 0 Å².